The first-order valence-electron chi connectivity index (χ1n) is 10.6. The summed E-state index contributed by atoms with van der Waals surface area (Å²) in [5, 5.41) is 5.71. The number of para-hydroxylation sites is 1. The van der Waals surface area contributed by atoms with Gasteiger partial charge in [-0.3, -0.25) is 4.79 Å². The minimum Gasteiger partial charge on any atom is -0.356 e. The van der Waals surface area contributed by atoms with Gasteiger partial charge < -0.3 is 15.5 Å². The summed E-state index contributed by atoms with van der Waals surface area (Å²) in [6.07, 6.45) is 1.58. The highest BCUT2D eigenvalue weighted by atomic mass is 32.2. The van der Waals surface area contributed by atoms with Gasteiger partial charge in [0.25, 0.3) is 0 Å². The Morgan fingerprint density at radius 2 is 1.55 bits per heavy atom. The van der Waals surface area contributed by atoms with Crippen LogP contribution in [-0.2, 0) is 20.4 Å². The molecule has 0 aromatic heterocycles. The predicted octanol–water partition coefficient (Wildman–Crippen LogP) is 3.05. The molecular formula is C23H29N3O4S. The average molecular weight is 444 g/mol. The molecule has 0 bridgehead atoms. The molecule has 8 heteroatoms. The van der Waals surface area contributed by atoms with Crippen LogP contribution >= 0.6 is 0 Å². The summed E-state index contributed by atoms with van der Waals surface area (Å²) in [6, 6.07) is 18.2. The number of sulfone groups is 1. The number of nitrogens with one attached hydrogen (secondary N) is 2. The molecule has 3 rings (SSSR count). The van der Waals surface area contributed by atoms with E-state index in [1.165, 1.54) is 0 Å². The third-order valence-corrected chi connectivity index (χ3v) is 7.02. The van der Waals surface area contributed by atoms with E-state index in [9.17, 15) is 18.0 Å². The number of carbonyl (C=O) groups is 2. The van der Waals surface area contributed by atoms with E-state index in [2.05, 4.69) is 10.6 Å². The minimum absolute atomic E-state index is 0.0191. The summed E-state index contributed by atoms with van der Waals surface area (Å²) in [4.78, 5) is 26.5. The van der Waals surface area contributed by atoms with E-state index in [0.29, 0.717) is 38.9 Å². The quantitative estimate of drug-likeness (QED) is 0.613. The molecule has 2 N–H and O–H groups in total. The van der Waals surface area contributed by atoms with Crippen LogP contribution < -0.4 is 10.6 Å². The Labute approximate surface area is 183 Å². The van der Waals surface area contributed by atoms with Crippen molar-refractivity contribution >= 4 is 27.5 Å². The zero-order valence-corrected chi connectivity index (χ0v) is 18.3. The van der Waals surface area contributed by atoms with E-state index in [4.69, 9.17) is 0 Å². The van der Waals surface area contributed by atoms with E-state index in [0.717, 1.165) is 11.3 Å². The number of urea groups is 1. The molecule has 3 amide bonds. The van der Waals surface area contributed by atoms with Gasteiger partial charge in [-0.05, 0) is 37.0 Å². The fraction of sp³-hybridized carbons (Fsp3) is 0.391. The van der Waals surface area contributed by atoms with Gasteiger partial charge in [0.2, 0.25) is 5.91 Å². The van der Waals surface area contributed by atoms with Crippen LogP contribution in [-0.4, -0.2) is 50.6 Å². The molecule has 0 atom stereocenters. The molecule has 0 spiro atoms. The number of hydrogen-bond acceptors (Lipinski definition) is 4. The number of rotatable bonds is 8. The van der Waals surface area contributed by atoms with E-state index < -0.39 is 9.84 Å². The van der Waals surface area contributed by atoms with Gasteiger partial charge in [-0.25, -0.2) is 13.2 Å². The minimum atomic E-state index is -3.20. The Kier molecular flexibility index (Phi) is 8.06. The van der Waals surface area contributed by atoms with Crippen molar-refractivity contribution in [1.82, 2.24) is 10.2 Å². The Hall–Kier alpha value is -2.87. The van der Waals surface area contributed by atoms with Gasteiger partial charge in [0.15, 0.2) is 9.84 Å². The molecular weight excluding hydrogens is 414 g/mol. The fourth-order valence-electron chi connectivity index (χ4n) is 3.62. The van der Waals surface area contributed by atoms with E-state index in [1.807, 2.05) is 48.5 Å². The number of benzene rings is 2. The first kappa shape index (κ1) is 22.8. The lowest BCUT2D eigenvalue weighted by molar-refractivity contribution is -0.126. The lowest BCUT2D eigenvalue weighted by atomic mass is 9.96. The smallest absolute Gasteiger partial charge is 0.321 e. The Morgan fingerprint density at radius 3 is 2.19 bits per heavy atom. The highest BCUT2D eigenvalue weighted by Gasteiger charge is 2.27. The van der Waals surface area contributed by atoms with Crippen LogP contribution in [0.15, 0.2) is 60.7 Å². The molecule has 7 nitrogen and oxygen atoms in total. The standard InChI is InChI=1S/C23H29N3O4S/c27-22(24-14-7-17-31(29,30)18-19-8-3-1-4-9-19)20-12-15-26(16-13-20)23(28)25-21-10-5-2-6-11-21/h1-6,8-11,20H,7,12-18H2,(H,24,27)(H,25,28). The number of nitrogens with zero attached hydrogens (tertiary/aromatic N) is 1. The second kappa shape index (κ2) is 10.9. The summed E-state index contributed by atoms with van der Waals surface area (Å²) in [6.45, 7) is 1.37. The molecule has 31 heavy (non-hydrogen) atoms. The van der Waals surface area contributed by atoms with E-state index in [1.54, 1.807) is 17.0 Å². The van der Waals surface area contributed by atoms with Gasteiger partial charge in [-0.15, -0.1) is 0 Å². The summed E-state index contributed by atoms with van der Waals surface area (Å²) in [7, 11) is -3.20. The molecule has 0 radical (unpaired) electrons. The molecule has 0 aliphatic carbocycles. The Balaban J connectivity index is 1.34. The van der Waals surface area contributed by atoms with Gasteiger partial charge in [-0.1, -0.05) is 48.5 Å². The molecule has 2 aromatic carbocycles. The molecule has 1 aliphatic heterocycles. The van der Waals surface area contributed by atoms with Crippen LogP contribution in [0.5, 0.6) is 0 Å². The predicted molar refractivity (Wildman–Crippen MR) is 121 cm³/mol. The van der Waals surface area contributed by atoms with Crippen molar-refractivity contribution in [1.29, 1.82) is 0 Å². The Morgan fingerprint density at radius 1 is 0.935 bits per heavy atom. The van der Waals surface area contributed by atoms with Crippen molar-refractivity contribution in [2.45, 2.75) is 25.0 Å². The summed E-state index contributed by atoms with van der Waals surface area (Å²) in [5.41, 5.74) is 1.52. The fourth-order valence-corrected chi connectivity index (χ4v) is 5.05. The first-order valence-corrected chi connectivity index (χ1v) is 12.4. The van der Waals surface area contributed by atoms with Gasteiger partial charge in [-0.2, -0.15) is 0 Å². The van der Waals surface area contributed by atoms with Crippen molar-refractivity contribution in [2.24, 2.45) is 5.92 Å². The molecule has 1 saturated heterocycles. The first-order chi connectivity index (χ1) is 14.9. The van der Waals surface area contributed by atoms with Gasteiger partial charge in [0.05, 0.1) is 11.5 Å². The van der Waals surface area contributed by atoms with Crippen molar-refractivity contribution in [3.05, 3.63) is 66.2 Å². The monoisotopic (exact) mass is 443 g/mol. The number of hydrogen-bond donors (Lipinski definition) is 2. The molecule has 1 aliphatic rings. The van der Waals surface area contributed by atoms with Crippen molar-refractivity contribution < 1.29 is 18.0 Å². The van der Waals surface area contributed by atoms with Gasteiger partial charge in [0, 0.05) is 31.2 Å². The molecule has 2 aromatic rings. The normalized spacial score (nSPS) is 14.8. The number of amides is 3. The highest BCUT2D eigenvalue weighted by molar-refractivity contribution is 7.90. The van der Waals surface area contributed by atoms with Crippen molar-refractivity contribution in [3.8, 4) is 0 Å². The van der Waals surface area contributed by atoms with Gasteiger partial charge >= 0.3 is 6.03 Å². The lowest BCUT2D eigenvalue weighted by Gasteiger charge is -2.31. The van der Waals surface area contributed by atoms with Crippen molar-refractivity contribution in [3.63, 3.8) is 0 Å². The van der Waals surface area contributed by atoms with E-state index in [-0.39, 0.29) is 29.4 Å². The largest absolute Gasteiger partial charge is 0.356 e. The van der Waals surface area contributed by atoms with Crippen LogP contribution in [0.2, 0.25) is 0 Å². The number of piperidine rings is 1. The molecule has 166 valence electrons. The Bertz CT molecular complexity index is 957. The molecule has 1 fully saturated rings. The SMILES string of the molecule is O=C(NCCCS(=O)(=O)Cc1ccccc1)C1CCN(C(=O)Nc2ccccc2)CC1. The maximum atomic E-state index is 12.4. The zero-order chi connectivity index (χ0) is 22.1. The van der Waals surface area contributed by atoms with Gasteiger partial charge in [0.1, 0.15) is 0 Å². The van der Waals surface area contributed by atoms with Crippen LogP contribution in [0.1, 0.15) is 24.8 Å². The third-order valence-electron chi connectivity index (χ3n) is 5.34. The topological polar surface area (TPSA) is 95.6 Å². The van der Waals surface area contributed by atoms with Crippen LogP contribution in [0.4, 0.5) is 10.5 Å². The zero-order valence-electron chi connectivity index (χ0n) is 17.5. The molecule has 1 heterocycles. The van der Waals surface area contributed by atoms with Crippen molar-refractivity contribution in [2.75, 3.05) is 30.7 Å². The molecule has 0 unspecified atom stereocenters. The summed E-state index contributed by atoms with van der Waals surface area (Å²) < 4.78 is 24.4. The summed E-state index contributed by atoms with van der Waals surface area (Å²) in [5.74, 6) is -0.156. The molecule has 0 saturated carbocycles. The van der Waals surface area contributed by atoms with Crippen LogP contribution in [0.3, 0.4) is 0 Å². The van der Waals surface area contributed by atoms with E-state index >= 15 is 0 Å². The second-order valence-electron chi connectivity index (χ2n) is 7.78. The maximum absolute atomic E-state index is 12.4. The third kappa shape index (κ3) is 7.40. The summed E-state index contributed by atoms with van der Waals surface area (Å²) >= 11 is 0. The number of carbonyl (C=O) groups excluding carboxylic acids is 2. The van der Waals surface area contributed by atoms with Crippen LogP contribution in [0.25, 0.3) is 0 Å². The highest BCUT2D eigenvalue weighted by Crippen LogP contribution is 2.18. The lowest BCUT2D eigenvalue weighted by Crippen LogP contribution is -2.44. The average Bonchev–Trinajstić information content (AvgIpc) is 2.78. The number of anilines is 1. The second-order valence-corrected chi connectivity index (χ2v) is 9.96. The van der Waals surface area contributed by atoms with Crippen LogP contribution in [0, 0.1) is 5.92 Å². The maximum Gasteiger partial charge on any atom is 0.321 e. The number of likely N-dealkylation sites (tertiary alicyclic amines) is 1.